The van der Waals surface area contributed by atoms with Crippen LogP contribution in [-0.4, -0.2) is 111 Å². The van der Waals surface area contributed by atoms with Crippen molar-refractivity contribution in [2.45, 2.75) is 74.4 Å². The fraction of sp³-hybridized carbons (Fsp3) is 0.423. The van der Waals surface area contributed by atoms with Gasteiger partial charge in [-0.1, -0.05) is 81.6 Å². The Morgan fingerprint density at radius 2 is 0.958 bits per heavy atom. The number of benzene rings is 4. The number of thioether (sulfide) groups is 1. The van der Waals surface area contributed by atoms with Gasteiger partial charge in [0.15, 0.2) is 28.8 Å². The van der Waals surface area contributed by atoms with Crippen LogP contribution < -0.4 is 36.8 Å². The summed E-state index contributed by atoms with van der Waals surface area (Å²) in [6.45, 7) is 17.3. The molecule has 0 aromatic heterocycles. The van der Waals surface area contributed by atoms with Crippen LogP contribution in [0.5, 0.6) is 0 Å². The Morgan fingerprint density at radius 3 is 1.24 bits per heavy atom. The molecule has 0 saturated heterocycles. The highest BCUT2D eigenvalue weighted by molar-refractivity contribution is 9.11. The lowest BCUT2D eigenvalue weighted by atomic mass is 10.1. The predicted octanol–water partition coefficient (Wildman–Crippen LogP) is 12.4. The zero-order valence-electron chi connectivity index (χ0n) is 44.9. The number of guanidine groups is 1. The molecule has 0 aliphatic carbocycles. The number of hydrogen-bond acceptors (Lipinski definition) is 11. The number of nitrogens with two attached hydrogens (primary N) is 3. The minimum atomic E-state index is -0.379. The molecule has 0 fully saturated rings. The first-order valence-corrected chi connectivity index (χ1v) is 27.3. The second-order valence-electron chi connectivity index (χ2n) is 16.5. The number of anilines is 4. The van der Waals surface area contributed by atoms with Crippen LogP contribution in [0.3, 0.4) is 0 Å². The van der Waals surface area contributed by atoms with Gasteiger partial charge in [0.1, 0.15) is 5.84 Å². The summed E-state index contributed by atoms with van der Waals surface area (Å²) in [5.41, 5.74) is 30.6. The molecule has 1 heterocycles. The van der Waals surface area contributed by atoms with E-state index in [0.29, 0.717) is 29.3 Å². The molecular weight excluding hydrogens is 1210 g/mol. The van der Waals surface area contributed by atoms with Crippen LogP contribution in [0.2, 0.25) is 0 Å². The quantitative estimate of drug-likeness (QED) is 0.0483. The topological polar surface area (TPSA) is 177 Å². The molecule has 4 aromatic rings. The molecule has 0 amide bonds. The highest BCUT2D eigenvalue weighted by Crippen LogP contribution is 2.30. The van der Waals surface area contributed by atoms with Crippen molar-refractivity contribution in [1.29, 1.82) is 5.41 Å². The fourth-order valence-corrected chi connectivity index (χ4v) is 7.91. The lowest BCUT2D eigenvalue weighted by Crippen LogP contribution is -2.35. The summed E-state index contributed by atoms with van der Waals surface area (Å²) in [7, 11) is 14.0. The standard InChI is InChI=1S/C14H22BrN3O2.C13H15BrN2.C11H15BrN2S.C10H13BrN2S.C4H11NO2/c1-9-6-11(7-10(2)13(9)15)18(3)14(16)17-8-12(19-4)20-5;1-9-7-11(8-10(2)13(9)14)16(3)12-5-4-6-15-12;1-7-5-9(6-8(2)10(7)12)14(3)11(13)15-4;1-6-4-8(13(3)10(12)14)5-7(2)9(6)11;1-6-4(3-5)7-2/h6-7,12H,8H2,1-5H3,(H2,16,17);4,6-8H,5H2,1-3H3;5-6,13H,1-4H3;4-5H,1-3H3,(H2,12,14);4H,3,5H2,1-2H3. The molecule has 72 heavy (non-hydrogen) atoms. The number of nitrogens with zero attached hydrogens (tertiary/aromatic N) is 6. The zero-order valence-corrected chi connectivity index (χ0v) is 52.9. The molecular formula is C52H76Br4N10O4S2. The molecule has 0 radical (unpaired) electrons. The van der Waals surface area contributed by atoms with Crippen molar-refractivity contribution >= 4 is 133 Å². The van der Waals surface area contributed by atoms with Crippen molar-refractivity contribution < 1.29 is 18.9 Å². The van der Waals surface area contributed by atoms with Crippen LogP contribution >= 0.6 is 87.7 Å². The number of thiocarbonyl (C=S) groups is 1. The van der Waals surface area contributed by atoms with Gasteiger partial charge in [-0.15, -0.1) is 0 Å². The van der Waals surface area contributed by atoms with Gasteiger partial charge in [0, 0.05) is 116 Å². The van der Waals surface area contributed by atoms with Gasteiger partial charge in [0.05, 0.1) is 6.54 Å². The third-order valence-electron chi connectivity index (χ3n) is 11.1. The van der Waals surface area contributed by atoms with Crippen LogP contribution in [0.4, 0.5) is 22.7 Å². The maximum atomic E-state index is 7.75. The number of ether oxygens (including phenoxy) is 4. The molecule has 14 nitrogen and oxygen atoms in total. The van der Waals surface area contributed by atoms with Crippen molar-refractivity contribution in [3.05, 3.63) is 123 Å². The van der Waals surface area contributed by atoms with Crippen LogP contribution in [-0.2, 0) is 18.9 Å². The summed E-state index contributed by atoms with van der Waals surface area (Å²) in [4.78, 5) is 16.3. The second kappa shape index (κ2) is 33.5. The number of halogens is 4. The molecule has 7 N–H and O–H groups in total. The van der Waals surface area contributed by atoms with Gasteiger partial charge in [-0.25, -0.2) is 9.98 Å². The van der Waals surface area contributed by atoms with E-state index in [-0.39, 0.29) is 12.6 Å². The number of amidine groups is 2. The molecule has 4 aromatic carbocycles. The Morgan fingerprint density at radius 1 is 0.625 bits per heavy atom. The van der Waals surface area contributed by atoms with E-state index in [0.717, 1.165) is 53.9 Å². The van der Waals surface area contributed by atoms with Gasteiger partial charge < -0.3 is 55.7 Å². The maximum Gasteiger partial charge on any atom is 0.195 e. The molecule has 0 atom stereocenters. The molecule has 1 aliphatic heterocycles. The number of methoxy groups -OCH3 is 4. The lowest BCUT2D eigenvalue weighted by molar-refractivity contribution is -0.0940. The molecule has 0 saturated carbocycles. The van der Waals surface area contributed by atoms with Gasteiger partial charge in [0.25, 0.3) is 0 Å². The molecule has 5 rings (SSSR count). The Balaban J connectivity index is 0.000000463. The minimum absolute atomic E-state index is 0.236. The minimum Gasteiger partial charge on any atom is -0.376 e. The molecule has 1 aliphatic rings. The average Bonchev–Trinajstić information content (AvgIpc) is 3.91. The van der Waals surface area contributed by atoms with Crippen molar-refractivity contribution in [3.63, 3.8) is 0 Å². The lowest BCUT2D eigenvalue weighted by Gasteiger charge is -2.21. The third-order valence-corrected chi connectivity index (χ3v) is 17.0. The first-order valence-electron chi connectivity index (χ1n) is 22.5. The Labute approximate surface area is 473 Å². The monoisotopic (exact) mass is 1280 g/mol. The first-order chi connectivity index (χ1) is 33.7. The van der Waals surface area contributed by atoms with Gasteiger partial charge >= 0.3 is 0 Å². The van der Waals surface area contributed by atoms with Crippen LogP contribution in [0.1, 0.15) is 50.9 Å². The summed E-state index contributed by atoms with van der Waals surface area (Å²) in [6, 6.07) is 16.7. The molecule has 0 spiro atoms. The zero-order chi connectivity index (χ0) is 55.2. The number of aliphatic imine (C=N–C) groups is 2. The largest absolute Gasteiger partial charge is 0.376 e. The van der Waals surface area contributed by atoms with Crippen molar-refractivity contribution in [2.24, 2.45) is 27.2 Å². The highest BCUT2D eigenvalue weighted by atomic mass is 79.9. The van der Waals surface area contributed by atoms with Gasteiger partial charge in [-0.05, 0) is 167 Å². The van der Waals surface area contributed by atoms with Crippen molar-refractivity contribution in [3.8, 4) is 0 Å². The smallest absolute Gasteiger partial charge is 0.195 e. The maximum absolute atomic E-state index is 7.75. The fourth-order valence-electron chi connectivity index (χ4n) is 6.51. The van der Waals surface area contributed by atoms with Gasteiger partial charge in [-0.2, -0.15) is 0 Å². The van der Waals surface area contributed by atoms with E-state index in [1.165, 1.54) is 55.3 Å². The van der Waals surface area contributed by atoms with E-state index in [9.17, 15) is 0 Å². The average molecular weight is 1290 g/mol. The third kappa shape index (κ3) is 21.1. The van der Waals surface area contributed by atoms with E-state index in [1.807, 2.05) is 71.1 Å². The Hall–Kier alpha value is -3.41. The Bertz CT molecular complexity index is 2410. The summed E-state index contributed by atoms with van der Waals surface area (Å²) < 4.78 is 24.2. The number of hydrogen-bond donors (Lipinski definition) is 4. The summed E-state index contributed by atoms with van der Waals surface area (Å²) in [5.74, 6) is 1.52. The van der Waals surface area contributed by atoms with Crippen LogP contribution in [0.15, 0.2) is 88.7 Å². The first kappa shape index (κ1) is 66.6. The SMILES string of the molecule is COC(CN)OC.COC(CN=C(N)N(C)c1cc(C)c(Br)c(C)c1)OC.CSC(=N)N(C)c1cc(C)c(Br)c(C)c1.Cc1cc(N(C)C(N)=S)cc(C)c1Br.Cc1cc(N(C)C2=NC=CC2)cc(C)c1Br. The summed E-state index contributed by atoms with van der Waals surface area (Å²) in [5, 5.41) is 8.69. The summed E-state index contributed by atoms with van der Waals surface area (Å²) >= 11 is 20.5. The van der Waals surface area contributed by atoms with Gasteiger partial charge in [0.2, 0.25) is 0 Å². The van der Waals surface area contributed by atoms with E-state index < -0.39 is 0 Å². The Kier molecular flexibility index (Phi) is 31.0. The van der Waals surface area contributed by atoms with Crippen LogP contribution in [0.25, 0.3) is 0 Å². The summed E-state index contributed by atoms with van der Waals surface area (Å²) in [6.07, 6.45) is 6.16. The van der Waals surface area contributed by atoms with E-state index >= 15 is 0 Å². The second-order valence-corrected chi connectivity index (χ2v) is 20.9. The molecule has 20 heteroatoms. The number of rotatable bonds is 11. The highest BCUT2D eigenvalue weighted by Gasteiger charge is 2.14. The molecule has 0 unspecified atom stereocenters. The van der Waals surface area contributed by atoms with E-state index in [4.69, 9.17) is 53.8 Å². The van der Waals surface area contributed by atoms with E-state index in [2.05, 4.69) is 168 Å². The predicted molar refractivity (Wildman–Crippen MR) is 328 cm³/mol. The normalized spacial score (nSPS) is 11.6. The van der Waals surface area contributed by atoms with Crippen molar-refractivity contribution in [1.82, 2.24) is 0 Å². The van der Waals surface area contributed by atoms with E-state index in [1.54, 1.807) is 33.3 Å². The van der Waals surface area contributed by atoms with Crippen molar-refractivity contribution in [2.75, 3.05) is 95.6 Å². The molecule has 0 bridgehead atoms. The molecule has 398 valence electrons. The van der Waals surface area contributed by atoms with Gasteiger partial charge in [-0.3, -0.25) is 5.41 Å². The number of nitrogens with one attached hydrogen (secondary N) is 1. The van der Waals surface area contributed by atoms with Crippen LogP contribution in [0, 0.1) is 60.8 Å². The number of aryl methyl sites for hydroxylation is 8.